The fourth-order valence-corrected chi connectivity index (χ4v) is 2.51. The molecule has 1 aliphatic carbocycles. The molecule has 0 bridgehead atoms. The maximum atomic E-state index is 11.2. The highest BCUT2D eigenvalue weighted by Gasteiger charge is 2.27. The number of hydrogen-bond acceptors (Lipinski definition) is 4. The Morgan fingerprint density at radius 3 is 2.47 bits per heavy atom. The van der Waals surface area contributed by atoms with Crippen molar-refractivity contribution >= 4 is 5.97 Å². The number of methoxy groups -OCH3 is 1. The molecule has 4 heteroatoms. The number of piperazine rings is 1. The number of rotatable bonds is 5. The van der Waals surface area contributed by atoms with E-state index in [1.807, 2.05) is 0 Å². The van der Waals surface area contributed by atoms with Crippen LogP contribution in [0.1, 0.15) is 26.2 Å². The number of ether oxygens (including phenoxy) is 1. The molecule has 0 spiro atoms. The molecule has 2 rings (SSSR count). The Morgan fingerprint density at radius 2 is 1.94 bits per heavy atom. The molecule has 0 aromatic heterocycles. The lowest BCUT2D eigenvalue weighted by Gasteiger charge is -2.37. The smallest absolute Gasteiger partial charge is 0.307 e. The van der Waals surface area contributed by atoms with E-state index in [1.54, 1.807) is 0 Å². The molecule has 1 atom stereocenters. The zero-order valence-electron chi connectivity index (χ0n) is 11.0. The zero-order valence-corrected chi connectivity index (χ0v) is 11.0. The van der Waals surface area contributed by atoms with Crippen molar-refractivity contribution in [1.29, 1.82) is 0 Å². The molecule has 1 saturated heterocycles. The molecule has 0 amide bonds. The molecule has 4 nitrogen and oxygen atoms in total. The van der Waals surface area contributed by atoms with Gasteiger partial charge in [-0.2, -0.15) is 0 Å². The van der Waals surface area contributed by atoms with Crippen LogP contribution >= 0.6 is 0 Å². The fourth-order valence-electron chi connectivity index (χ4n) is 2.51. The third-order valence-electron chi connectivity index (χ3n) is 3.93. The van der Waals surface area contributed by atoms with Gasteiger partial charge >= 0.3 is 5.97 Å². The van der Waals surface area contributed by atoms with Crippen LogP contribution in [0.5, 0.6) is 0 Å². The average Bonchev–Trinajstić information content (AvgIpc) is 3.13. The Balaban J connectivity index is 1.68. The Kier molecular flexibility index (Phi) is 4.40. The minimum absolute atomic E-state index is 0.0992. The molecule has 0 aromatic carbocycles. The van der Waals surface area contributed by atoms with Gasteiger partial charge < -0.3 is 9.64 Å². The van der Waals surface area contributed by atoms with Crippen molar-refractivity contribution in [3.05, 3.63) is 0 Å². The lowest BCUT2D eigenvalue weighted by atomic mass is 10.1. The summed E-state index contributed by atoms with van der Waals surface area (Å²) in [5, 5.41) is 0. The number of hydrogen-bond donors (Lipinski definition) is 0. The highest BCUT2D eigenvalue weighted by Crippen LogP contribution is 2.30. The summed E-state index contributed by atoms with van der Waals surface area (Å²) in [6.07, 6.45) is 3.37. The van der Waals surface area contributed by atoms with Crippen molar-refractivity contribution < 1.29 is 9.53 Å². The minimum Gasteiger partial charge on any atom is -0.469 e. The largest absolute Gasteiger partial charge is 0.469 e. The summed E-state index contributed by atoms with van der Waals surface area (Å²) in [6.45, 7) is 7.90. The predicted octanol–water partition coefficient (Wildman–Crippen LogP) is 0.966. The molecule has 2 fully saturated rings. The van der Waals surface area contributed by atoms with Gasteiger partial charge in [-0.15, -0.1) is 0 Å². The summed E-state index contributed by atoms with van der Waals surface area (Å²) >= 11 is 0. The van der Waals surface area contributed by atoms with E-state index in [9.17, 15) is 4.79 Å². The van der Waals surface area contributed by atoms with E-state index < -0.39 is 0 Å². The van der Waals surface area contributed by atoms with Crippen LogP contribution in [0.4, 0.5) is 0 Å². The minimum atomic E-state index is -0.0992. The number of esters is 1. The first kappa shape index (κ1) is 12.8. The molecular formula is C13H24N2O2. The molecule has 0 radical (unpaired) electrons. The Hall–Kier alpha value is -0.610. The van der Waals surface area contributed by atoms with Crippen molar-refractivity contribution in [3.63, 3.8) is 0 Å². The van der Waals surface area contributed by atoms with E-state index in [4.69, 9.17) is 4.74 Å². The lowest BCUT2D eigenvalue weighted by molar-refractivity contribution is -0.142. The van der Waals surface area contributed by atoms with Crippen molar-refractivity contribution in [2.45, 2.75) is 32.2 Å². The zero-order chi connectivity index (χ0) is 12.3. The van der Waals surface area contributed by atoms with Gasteiger partial charge in [0.25, 0.3) is 0 Å². The second-order valence-corrected chi connectivity index (χ2v) is 5.41. The molecule has 0 aromatic rings. The monoisotopic (exact) mass is 240 g/mol. The van der Waals surface area contributed by atoms with Gasteiger partial charge in [-0.05, 0) is 25.7 Å². The Labute approximate surface area is 104 Å². The second kappa shape index (κ2) is 5.83. The molecule has 0 N–H and O–H groups in total. The van der Waals surface area contributed by atoms with Gasteiger partial charge in [-0.3, -0.25) is 9.69 Å². The standard InChI is InChI=1S/C13H24N2O2/c1-11(9-13(16)17-2)15-7-5-14(6-8-15)10-12-3-4-12/h11-12H,3-10H2,1-2H3. The van der Waals surface area contributed by atoms with Crippen LogP contribution in [-0.2, 0) is 9.53 Å². The van der Waals surface area contributed by atoms with E-state index in [1.165, 1.54) is 26.5 Å². The van der Waals surface area contributed by atoms with E-state index in [-0.39, 0.29) is 5.97 Å². The van der Waals surface area contributed by atoms with Crippen LogP contribution in [0.3, 0.4) is 0 Å². The van der Waals surface area contributed by atoms with Gasteiger partial charge in [0.05, 0.1) is 13.5 Å². The van der Waals surface area contributed by atoms with Crippen LogP contribution < -0.4 is 0 Å². The molecule has 17 heavy (non-hydrogen) atoms. The van der Waals surface area contributed by atoms with Gasteiger partial charge in [0.1, 0.15) is 0 Å². The maximum absolute atomic E-state index is 11.2. The van der Waals surface area contributed by atoms with Crippen LogP contribution in [-0.4, -0.2) is 61.6 Å². The van der Waals surface area contributed by atoms with Gasteiger partial charge in [-0.25, -0.2) is 0 Å². The Bertz CT molecular complexity index is 258. The summed E-state index contributed by atoms with van der Waals surface area (Å²) in [7, 11) is 1.46. The van der Waals surface area contributed by atoms with Gasteiger partial charge in [0.15, 0.2) is 0 Å². The van der Waals surface area contributed by atoms with Crippen molar-refractivity contribution in [3.8, 4) is 0 Å². The molecule has 1 unspecified atom stereocenters. The van der Waals surface area contributed by atoms with Gasteiger partial charge in [0, 0.05) is 38.8 Å². The van der Waals surface area contributed by atoms with Gasteiger partial charge in [-0.1, -0.05) is 0 Å². The third-order valence-corrected chi connectivity index (χ3v) is 3.93. The average molecular weight is 240 g/mol. The first-order valence-corrected chi connectivity index (χ1v) is 6.72. The van der Waals surface area contributed by atoms with Gasteiger partial charge in [0.2, 0.25) is 0 Å². The fraction of sp³-hybridized carbons (Fsp3) is 0.923. The number of carbonyl (C=O) groups excluding carboxylic acids is 1. The molecule has 1 heterocycles. The normalized spacial score (nSPS) is 24.6. The van der Waals surface area contributed by atoms with Crippen LogP contribution in [0, 0.1) is 5.92 Å². The number of carbonyl (C=O) groups is 1. The van der Waals surface area contributed by atoms with Crippen LogP contribution in [0.25, 0.3) is 0 Å². The topological polar surface area (TPSA) is 32.8 Å². The summed E-state index contributed by atoms with van der Waals surface area (Å²) in [5.74, 6) is 0.881. The van der Waals surface area contributed by atoms with Crippen molar-refractivity contribution in [1.82, 2.24) is 9.80 Å². The van der Waals surface area contributed by atoms with Crippen LogP contribution in [0.15, 0.2) is 0 Å². The van der Waals surface area contributed by atoms with E-state index in [0.717, 1.165) is 32.1 Å². The highest BCUT2D eigenvalue weighted by molar-refractivity contribution is 5.69. The van der Waals surface area contributed by atoms with E-state index in [2.05, 4.69) is 16.7 Å². The summed E-state index contributed by atoms with van der Waals surface area (Å²) < 4.78 is 4.72. The maximum Gasteiger partial charge on any atom is 0.307 e. The third kappa shape index (κ3) is 3.96. The van der Waals surface area contributed by atoms with Crippen molar-refractivity contribution in [2.75, 3.05) is 39.8 Å². The number of nitrogens with zero attached hydrogens (tertiary/aromatic N) is 2. The summed E-state index contributed by atoms with van der Waals surface area (Å²) in [6, 6.07) is 0.311. The molecule has 2 aliphatic rings. The highest BCUT2D eigenvalue weighted by atomic mass is 16.5. The molecular weight excluding hydrogens is 216 g/mol. The molecule has 1 aliphatic heterocycles. The first-order valence-electron chi connectivity index (χ1n) is 6.72. The molecule has 1 saturated carbocycles. The van der Waals surface area contributed by atoms with E-state index in [0.29, 0.717) is 12.5 Å². The summed E-state index contributed by atoms with van der Waals surface area (Å²) in [4.78, 5) is 16.2. The van der Waals surface area contributed by atoms with Crippen LogP contribution in [0.2, 0.25) is 0 Å². The predicted molar refractivity (Wildman–Crippen MR) is 66.8 cm³/mol. The van der Waals surface area contributed by atoms with Crippen molar-refractivity contribution in [2.24, 2.45) is 5.92 Å². The molecule has 98 valence electrons. The Morgan fingerprint density at radius 1 is 1.29 bits per heavy atom. The summed E-state index contributed by atoms with van der Waals surface area (Å²) in [5.41, 5.74) is 0. The first-order chi connectivity index (χ1) is 8.19. The quantitative estimate of drug-likeness (QED) is 0.670. The second-order valence-electron chi connectivity index (χ2n) is 5.41. The van der Waals surface area contributed by atoms with E-state index >= 15 is 0 Å². The SMILES string of the molecule is COC(=O)CC(C)N1CCN(CC2CC2)CC1. The lowest BCUT2D eigenvalue weighted by Crippen LogP contribution is -2.50.